The summed E-state index contributed by atoms with van der Waals surface area (Å²) in [6, 6.07) is 3.53. The number of hydrogen-bond acceptors (Lipinski definition) is 4. The zero-order chi connectivity index (χ0) is 15.9. The molecule has 3 N–H and O–H groups in total. The highest BCUT2D eigenvalue weighted by Gasteiger charge is 2.21. The van der Waals surface area contributed by atoms with Crippen LogP contribution in [0.2, 0.25) is 0 Å². The van der Waals surface area contributed by atoms with E-state index in [4.69, 9.17) is 5.73 Å². The lowest BCUT2D eigenvalue weighted by molar-refractivity contribution is 0.0924. The van der Waals surface area contributed by atoms with E-state index in [1.54, 1.807) is 18.3 Å². The van der Waals surface area contributed by atoms with Crippen molar-refractivity contribution in [2.75, 3.05) is 33.7 Å². The molecule has 1 heterocycles. The van der Waals surface area contributed by atoms with Gasteiger partial charge in [-0.25, -0.2) is 4.98 Å². The average molecular weight is 288 g/mol. The molecule has 1 amide bonds. The lowest BCUT2D eigenvalue weighted by Gasteiger charge is -2.28. The van der Waals surface area contributed by atoms with Gasteiger partial charge >= 0.3 is 0 Å². The molecule has 0 unspecified atom stereocenters. The zero-order valence-corrected chi connectivity index (χ0v) is 13.2. The number of hydrogen-bond donors (Lipinski definition) is 2. The molecule has 0 atom stereocenters. The van der Waals surface area contributed by atoms with Gasteiger partial charge in [0.2, 0.25) is 0 Å². The van der Waals surface area contributed by atoms with E-state index in [9.17, 15) is 4.79 Å². The van der Waals surface area contributed by atoms with E-state index in [0.29, 0.717) is 17.8 Å². The highest BCUT2D eigenvalue weighted by molar-refractivity contribution is 5.94. The largest absolute Gasteiger partial charge is 0.350 e. The molecule has 5 heteroatoms. The van der Waals surface area contributed by atoms with Crippen LogP contribution in [0.3, 0.4) is 0 Å². The predicted octanol–water partition coefficient (Wildman–Crippen LogP) is 0.709. The summed E-state index contributed by atoms with van der Waals surface area (Å²) >= 11 is 0. The van der Waals surface area contributed by atoms with E-state index in [1.165, 1.54) is 0 Å². The molecule has 1 aromatic heterocycles. The second-order valence-electron chi connectivity index (χ2n) is 5.99. The highest BCUT2D eigenvalue weighted by atomic mass is 16.1. The minimum atomic E-state index is -0.205. The molecule has 1 rings (SSSR count). The molecule has 0 fully saturated rings. The average Bonchev–Trinajstić information content (AvgIpc) is 2.41. The van der Waals surface area contributed by atoms with E-state index in [0.717, 1.165) is 6.54 Å². The fourth-order valence-electron chi connectivity index (χ4n) is 2.15. The molecule has 0 bridgehead atoms. The van der Waals surface area contributed by atoms with Crippen LogP contribution in [-0.2, 0) is 0 Å². The van der Waals surface area contributed by atoms with Gasteiger partial charge in [-0.15, -0.1) is 0 Å². The smallest absolute Gasteiger partial charge is 0.271 e. The van der Waals surface area contributed by atoms with E-state index in [1.807, 2.05) is 14.1 Å². The van der Waals surface area contributed by atoms with Gasteiger partial charge in [0, 0.05) is 19.3 Å². The van der Waals surface area contributed by atoms with Crippen molar-refractivity contribution in [3.05, 3.63) is 29.6 Å². The summed E-state index contributed by atoms with van der Waals surface area (Å²) in [7, 11) is 4.03. The maximum atomic E-state index is 12.3. The molecule has 0 aliphatic heterocycles. The van der Waals surface area contributed by atoms with E-state index < -0.39 is 0 Å². The molecule has 1 aromatic rings. The first kappa shape index (κ1) is 17.2. The number of nitrogens with two attached hydrogens (primary N) is 1. The topological polar surface area (TPSA) is 71.2 Å². The number of carbonyl (C=O) groups is 1. The molecule has 0 saturated carbocycles. The fraction of sp³-hybridized carbons (Fsp3) is 0.500. The van der Waals surface area contributed by atoms with Gasteiger partial charge in [-0.3, -0.25) is 4.79 Å². The number of rotatable bonds is 5. The summed E-state index contributed by atoms with van der Waals surface area (Å²) in [5.74, 6) is 5.42. The first-order valence-corrected chi connectivity index (χ1v) is 6.92. The molecule has 0 saturated heterocycles. The summed E-state index contributed by atoms with van der Waals surface area (Å²) < 4.78 is 0. The summed E-state index contributed by atoms with van der Waals surface area (Å²) in [6.07, 6.45) is 1.59. The van der Waals surface area contributed by atoms with Crippen molar-refractivity contribution in [1.82, 2.24) is 15.2 Å². The Morgan fingerprint density at radius 1 is 1.48 bits per heavy atom. The van der Waals surface area contributed by atoms with Gasteiger partial charge in [0.05, 0.1) is 12.1 Å². The maximum Gasteiger partial charge on any atom is 0.271 e. The zero-order valence-electron chi connectivity index (χ0n) is 13.2. The van der Waals surface area contributed by atoms with Crippen LogP contribution in [0.25, 0.3) is 0 Å². The Labute approximate surface area is 126 Å². The first-order chi connectivity index (χ1) is 9.85. The van der Waals surface area contributed by atoms with Crippen LogP contribution >= 0.6 is 0 Å². The van der Waals surface area contributed by atoms with Gasteiger partial charge in [0.1, 0.15) is 5.69 Å². The van der Waals surface area contributed by atoms with Gasteiger partial charge < -0.3 is 16.0 Å². The lowest BCUT2D eigenvalue weighted by Crippen LogP contribution is -2.40. The number of amides is 1. The predicted molar refractivity (Wildman–Crippen MR) is 84.8 cm³/mol. The number of nitrogens with zero attached hydrogens (tertiary/aromatic N) is 2. The van der Waals surface area contributed by atoms with Gasteiger partial charge in [0.15, 0.2) is 0 Å². The van der Waals surface area contributed by atoms with Crippen molar-refractivity contribution in [3.8, 4) is 11.8 Å². The lowest BCUT2D eigenvalue weighted by atomic mass is 9.93. The SMILES string of the molecule is CN(C)CC(C)(C)CNC(=O)c1ncccc1C#CCN. The van der Waals surface area contributed by atoms with Crippen LogP contribution in [0, 0.1) is 17.3 Å². The summed E-state index contributed by atoms with van der Waals surface area (Å²) in [6.45, 7) is 5.94. The summed E-state index contributed by atoms with van der Waals surface area (Å²) in [4.78, 5) is 18.5. The Morgan fingerprint density at radius 2 is 2.19 bits per heavy atom. The van der Waals surface area contributed by atoms with E-state index >= 15 is 0 Å². The first-order valence-electron chi connectivity index (χ1n) is 6.92. The van der Waals surface area contributed by atoms with Crippen molar-refractivity contribution < 1.29 is 4.79 Å². The fourth-order valence-corrected chi connectivity index (χ4v) is 2.15. The molecule has 114 valence electrons. The summed E-state index contributed by atoms with van der Waals surface area (Å²) in [5, 5.41) is 2.93. The molecular formula is C16H24N4O. The van der Waals surface area contributed by atoms with Crippen LogP contribution in [-0.4, -0.2) is 49.5 Å². The molecule has 0 spiro atoms. The normalized spacial score (nSPS) is 11.0. The third kappa shape index (κ3) is 5.94. The number of aromatic nitrogens is 1. The Kier molecular flexibility index (Phi) is 6.35. The molecule has 0 radical (unpaired) electrons. The Hall–Kier alpha value is -1.90. The van der Waals surface area contributed by atoms with Crippen LogP contribution < -0.4 is 11.1 Å². The van der Waals surface area contributed by atoms with Gasteiger partial charge in [-0.2, -0.15) is 0 Å². The van der Waals surface area contributed by atoms with Crippen molar-refractivity contribution in [2.24, 2.45) is 11.1 Å². The molecule has 5 nitrogen and oxygen atoms in total. The molecule has 21 heavy (non-hydrogen) atoms. The quantitative estimate of drug-likeness (QED) is 0.783. The van der Waals surface area contributed by atoms with Crippen molar-refractivity contribution in [3.63, 3.8) is 0 Å². The van der Waals surface area contributed by atoms with E-state index in [-0.39, 0.29) is 17.9 Å². The van der Waals surface area contributed by atoms with Crippen molar-refractivity contribution in [1.29, 1.82) is 0 Å². The van der Waals surface area contributed by atoms with Crippen molar-refractivity contribution >= 4 is 5.91 Å². The second kappa shape index (κ2) is 7.77. The van der Waals surface area contributed by atoms with Crippen molar-refractivity contribution in [2.45, 2.75) is 13.8 Å². The molecule has 0 aliphatic carbocycles. The second-order valence-corrected chi connectivity index (χ2v) is 5.99. The molecular weight excluding hydrogens is 264 g/mol. The molecule has 0 aliphatic rings. The highest BCUT2D eigenvalue weighted by Crippen LogP contribution is 2.14. The monoisotopic (exact) mass is 288 g/mol. The van der Waals surface area contributed by atoms with E-state index in [2.05, 4.69) is 40.9 Å². The summed E-state index contributed by atoms with van der Waals surface area (Å²) in [5.41, 5.74) is 6.30. The minimum Gasteiger partial charge on any atom is -0.350 e. The third-order valence-electron chi connectivity index (χ3n) is 2.82. The number of nitrogens with one attached hydrogen (secondary N) is 1. The minimum absolute atomic E-state index is 0.0168. The van der Waals surface area contributed by atoms with Gasteiger partial charge in [-0.05, 0) is 31.6 Å². The Balaban J connectivity index is 2.77. The van der Waals surface area contributed by atoms with Crippen LogP contribution in [0.1, 0.15) is 29.9 Å². The molecule has 0 aromatic carbocycles. The van der Waals surface area contributed by atoms with Crippen LogP contribution in [0.15, 0.2) is 18.3 Å². The maximum absolute atomic E-state index is 12.3. The Bertz CT molecular complexity index is 541. The van der Waals surface area contributed by atoms with Gasteiger partial charge in [-0.1, -0.05) is 25.7 Å². The van der Waals surface area contributed by atoms with Gasteiger partial charge in [0.25, 0.3) is 5.91 Å². The standard InChI is InChI=1S/C16H24N4O/c1-16(2,12-20(3)4)11-19-15(21)14-13(7-5-9-17)8-6-10-18-14/h6,8,10H,9,11-12,17H2,1-4H3,(H,19,21). The Morgan fingerprint density at radius 3 is 2.81 bits per heavy atom. The number of pyridine rings is 1. The third-order valence-corrected chi connectivity index (χ3v) is 2.82. The van der Waals surface area contributed by atoms with Crippen LogP contribution in [0.5, 0.6) is 0 Å². The number of carbonyl (C=O) groups excluding carboxylic acids is 1. The van der Waals surface area contributed by atoms with Crippen LogP contribution in [0.4, 0.5) is 0 Å².